The van der Waals surface area contributed by atoms with Gasteiger partial charge in [0.05, 0.1) is 0 Å². The molecular weight excluding hydrogens is 368 g/mol. The lowest BCUT2D eigenvalue weighted by atomic mass is 9.84. The minimum absolute atomic E-state index is 0.102. The molecule has 0 unspecified atom stereocenters. The third-order valence-electron chi connectivity index (χ3n) is 4.34. The van der Waals surface area contributed by atoms with E-state index < -0.39 is 23.7 Å². The lowest BCUT2D eigenvalue weighted by Crippen LogP contribution is -2.53. The molecule has 1 aliphatic rings. The molecule has 0 bridgehead atoms. The van der Waals surface area contributed by atoms with Gasteiger partial charge < -0.3 is 15.4 Å². The smallest absolute Gasteiger partial charge is 0.414 e. The van der Waals surface area contributed by atoms with Crippen LogP contribution in [-0.2, 0) is 11.3 Å². The van der Waals surface area contributed by atoms with Crippen LogP contribution >= 0.6 is 0 Å². The van der Waals surface area contributed by atoms with Crippen LogP contribution in [0.2, 0.25) is 0 Å². The highest BCUT2D eigenvalue weighted by Crippen LogP contribution is 2.35. The Balaban J connectivity index is 1.77. The number of rotatable bonds is 4. The molecule has 1 amide bonds. The predicted octanol–water partition coefficient (Wildman–Crippen LogP) is 2.99. The predicted molar refractivity (Wildman–Crippen MR) is 101 cm³/mol. The van der Waals surface area contributed by atoms with Gasteiger partial charge in [-0.3, -0.25) is 10.7 Å². The van der Waals surface area contributed by atoms with Crippen molar-refractivity contribution in [2.24, 2.45) is 11.1 Å². The van der Waals surface area contributed by atoms with Crippen LogP contribution in [-0.4, -0.2) is 30.1 Å². The van der Waals surface area contributed by atoms with E-state index in [1.54, 1.807) is 6.07 Å². The summed E-state index contributed by atoms with van der Waals surface area (Å²) >= 11 is 0. The van der Waals surface area contributed by atoms with E-state index in [9.17, 15) is 13.6 Å². The number of guanidine groups is 1. The molecule has 1 saturated heterocycles. The number of amides is 1. The summed E-state index contributed by atoms with van der Waals surface area (Å²) in [6.07, 6.45) is 0.460. The van der Waals surface area contributed by atoms with E-state index in [-0.39, 0.29) is 34.5 Å². The van der Waals surface area contributed by atoms with Crippen molar-refractivity contribution in [2.75, 3.05) is 18.0 Å². The van der Waals surface area contributed by atoms with Crippen LogP contribution in [0.3, 0.4) is 0 Å². The highest BCUT2D eigenvalue weighted by Gasteiger charge is 2.36. The van der Waals surface area contributed by atoms with Crippen LogP contribution in [0.1, 0.15) is 19.4 Å². The Morgan fingerprint density at radius 3 is 2.71 bits per heavy atom. The van der Waals surface area contributed by atoms with Crippen LogP contribution in [0, 0.1) is 22.5 Å². The molecule has 0 radical (unpaired) electrons. The molecule has 7 nitrogen and oxygen atoms in total. The summed E-state index contributed by atoms with van der Waals surface area (Å²) in [6.45, 7) is 5.24. The molecule has 0 aliphatic carbocycles. The van der Waals surface area contributed by atoms with E-state index in [1.165, 1.54) is 24.4 Å². The van der Waals surface area contributed by atoms with E-state index >= 15 is 0 Å². The van der Waals surface area contributed by atoms with Crippen LogP contribution in [0.15, 0.2) is 30.5 Å². The number of ether oxygens (including phenoxy) is 1. The first kappa shape index (κ1) is 19.5. The van der Waals surface area contributed by atoms with Crippen LogP contribution in [0.4, 0.5) is 19.4 Å². The zero-order valence-corrected chi connectivity index (χ0v) is 15.6. The number of carbonyl (C=O) groups is 1. The lowest BCUT2D eigenvalue weighted by Gasteiger charge is -2.46. The van der Waals surface area contributed by atoms with Gasteiger partial charge in [0.15, 0.2) is 17.6 Å². The molecule has 1 fully saturated rings. The van der Waals surface area contributed by atoms with Crippen molar-refractivity contribution in [1.29, 1.82) is 5.41 Å². The number of halogens is 2. The van der Waals surface area contributed by atoms with Crippen LogP contribution in [0.5, 0.6) is 0 Å². The summed E-state index contributed by atoms with van der Waals surface area (Å²) in [6, 6.07) is 5.76. The van der Waals surface area contributed by atoms with Crippen molar-refractivity contribution in [3.63, 3.8) is 0 Å². The van der Waals surface area contributed by atoms with Crippen molar-refractivity contribution in [3.8, 4) is 11.1 Å². The molecule has 1 aromatic carbocycles. The average molecular weight is 389 g/mol. The molecule has 28 heavy (non-hydrogen) atoms. The number of benzene rings is 1. The Morgan fingerprint density at radius 1 is 1.39 bits per heavy atom. The normalized spacial score (nSPS) is 14.9. The number of hydrogen-bond donors (Lipinski definition) is 3. The Labute approximate surface area is 161 Å². The molecule has 9 heteroatoms. The third kappa shape index (κ3) is 4.19. The highest BCUT2D eigenvalue weighted by atomic mass is 19.1. The van der Waals surface area contributed by atoms with Gasteiger partial charge in [0.2, 0.25) is 0 Å². The first-order valence-corrected chi connectivity index (χ1v) is 8.62. The summed E-state index contributed by atoms with van der Waals surface area (Å²) in [4.78, 5) is 17.4. The summed E-state index contributed by atoms with van der Waals surface area (Å²) in [7, 11) is 0. The highest BCUT2D eigenvalue weighted by molar-refractivity contribution is 5.90. The number of carbonyl (C=O) groups excluding carboxylic acids is 1. The number of nitrogens with two attached hydrogens (primary N) is 1. The van der Waals surface area contributed by atoms with E-state index in [4.69, 9.17) is 15.9 Å². The van der Waals surface area contributed by atoms with Gasteiger partial charge in [0.25, 0.3) is 0 Å². The van der Waals surface area contributed by atoms with E-state index in [2.05, 4.69) is 18.8 Å². The first-order valence-electron chi connectivity index (χ1n) is 8.62. The van der Waals surface area contributed by atoms with Gasteiger partial charge in [-0.15, -0.1) is 0 Å². The second kappa shape index (κ2) is 7.41. The van der Waals surface area contributed by atoms with Gasteiger partial charge in [0.1, 0.15) is 12.4 Å². The zero-order valence-electron chi connectivity index (χ0n) is 15.6. The summed E-state index contributed by atoms with van der Waals surface area (Å²) < 4.78 is 34.2. The summed E-state index contributed by atoms with van der Waals surface area (Å²) in [5.74, 6) is -1.48. The molecule has 0 saturated carbocycles. The van der Waals surface area contributed by atoms with Crippen LogP contribution in [0.25, 0.3) is 11.1 Å². The minimum Gasteiger partial charge on any atom is -0.444 e. The van der Waals surface area contributed by atoms with Gasteiger partial charge in [-0.25, -0.2) is 18.6 Å². The first-order chi connectivity index (χ1) is 13.2. The van der Waals surface area contributed by atoms with Gasteiger partial charge in [0, 0.05) is 36.0 Å². The largest absolute Gasteiger partial charge is 0.444 e. The molecule has 4 N–H and O–H groups in total. The number of nitrogens with zero attached hydrogens (tertiary/aromatic N) is 2. The molecule has 3 rings (SSSR count). The van der Waals surface area contributed by atoms with Crippen molar-refractivity contribution in [3.05, 3.63) is 47.7 Å². The van der Waals surface area contributed by atoms with Crippen molar-refractivity contribution < 1.29 is 18.3 Å². The number of nitrogens with one attached hydrogen (secondary N) is 2. The molecule has 2 heterocycles. The minimum atomic E-state index is -0.966. The number of anilines is 1. The molecule has 148 valence electrons. The molecule has 1 aromatic heterocycles. The topological polar surface area (TPSA) is 104 Å². The fraction of sp³-hybridized carbons (Fsp3) is 0.316. The monoisotopic (exact) mass is 389 g/mol. The van der Waals surface area contributed by atoms with Gasteiger partial charge in [-0.05, 0) is 11.5 Å². The Morgan fingerprint density at radius 2 is 2.11 bits per heavy atom. The SMILES string of the molecule is CC1(C)CN(c2ncc(-c3cccc(COC(=O)NC(=N)N)c3F)cc2F)C1. The summed E-state index contributed by atoms with van der Waals surface area (Å²) in [5.41, 5.74) is 5.68. The standard InChI is InChI=1S/C19H21F2N5O2/c1-19(2)9-26(10-19)16-14(20)6-12(7-24-16)13-5-3-4-11(15(13)21)8-28-18(27)25-17(22)23/h3-7H,8-10H2,1-2H3,(H4,22,23,25,27). The second-order valence-corrected chi connectivity index (χ2v) is 7.44. The van der Waals surface area contributed by atoms with Crippen molar-refractivity contribution in [2.45, 2.75) is 20.5 Å². The molecule has 1 aliphatic heterocycles. The van der Waals surface area contributed by atoms with Crippen molar-refractivity contribution in [1.82, 2.24) is 10.3 Å². The fourth-order valence-electron chi connectivity index (χ4n) is 3.15. The second-order valence-electron chi connectivity index (χ2n) is 7.44. The Kier molecular flexibility index (Phi) is 5.17. The lowest BCUT2D eigenvalue weighted by molar-refractivity contribution is 0.143. The Hall–Kier alpha value is -3.23. The van der Waals surface area contributed by atoms with Gasteiger partial charge in [-0.1, -0.05) is 32.0 Å². The number of aromatic nitrogens is 1. The fourth-order valence-corrected chi connectivity index (χ4v) is 3.15. The van der Waals surface area contributed by atoms with E-state index in [1.807, 2.05) is 10.2 Å². The third-order valence-corrected chi connectivity index (χ3v) is 4.34. The van der Waals surface area contributed by atoms with Crippen LogP contribution < -0.4 is 16.0 Å². The Bertz CT molecular complexity index is 925. The van der Waals surface area contributed by atoms with Gasteiger partial charge >= 0.3 is 6.09 Å². The van der Waals surface area contributed by atoms with E-state index in [0.29, 0.717) is 13.1 Å². The zero-order chi connectivity index (χ0) is 20.5. The maximum atomic E-state index is 14.8. The maximum Gasteiger partial charge on any atom is 0.414 e. The maximum absolute atomic E-state index is 14.8. The number of pyridine rings is 1. The van der Waals surface area contributed by atoms with E-state index in [0.717, 1.165) is 0 Å². The molecule has 0 atom stereocenters. The molecular formula is C19H21F2N5O2. The molecule has 0 spiro atoms. The number of alkyl carbamates (subject to hydrolysis) is 1. The summed E-state index contributed by atoms with van der Waals surface area (Å²) in [5, 5.41) is 8.88. The van der Waals surface area contributed by atoms with Gasteiger partial charge in [-0.2, -0.15) is 0 Å². The number of hydrogen-bond acceptors (Lipinski definition) is 5. The quantitative estimate of drug-likeness (QED) is 0.551. The van der Waals surface area contributed by atoms with Crippen molar-refractivity contribution >= 4 is 17.9 Å². The molecule has 2 aromatic rings. The average Bonchev–Trinajstić information content (AvgIpc) is 2.58.